The van der Waals surface area contributed by atoms with Gasteiger partial charge in [-0.25, -0.2) is 18.0 Å². The third-order valence-corrected chi connectivity index (χ3v) is 5.90. The maximum Gasteiger partial charge on any atom is 0.410 e. The molecule has 2 aliphatic heterocycles. The highest BCUT2D eigenvalue weighted by Gasteiger charge is 2.50. The molecule has 2 aromatic carbocycles. The van der Waals surface area contributed by atoms with Gasteiger partial charge in [0.1, 0.15) is 24.1 Å². The van der Waals surface area contributed by atoms with Crippen molar-refractivity contribution in [3.63, 3.8) is 0 Å². The van der Waals surface area contributed by atoms with Crippen LogP contribution < -0.4 is 0 Å². The Morgan fingerprint density at radius 1 is 1.07 bits per heavy atom. The van der Waals surface area contributed by atoms with Crippen molar-refractivity contribution in [3.05, 3.63) is 71.0 Å². The normalized spacial score (nSPS) is 26.3. The van der Waals surface area contributed by atoms with Crippen molar-refractivity contribution in [2.75, 3.05) is 0 Å². The SMILES string of the molecule is O=C(OCc1ccccc1)N1C2CCCC1CC(O)(c1c(F)cc(F)cc1F)C2. The van der Waals surface area contributed by atoms with Gasteiger partial charge in [0.05, 0.1) is 11.2 Å². The Morgan fingerprint density at radius 3 is 2.24 bits per heavy atom. The van der Waals surface area contributed by atoms with Gasteiger partial charge in [0.15, 0.2) is 0 Å². The molecule has 7 heteroatoms. The van der Waals surface area contributed by atoms with Crippen LogP contribution in [0.4, 0.5) is 18.0 Å². The molecule has 2 aromatic rings. The fraction of sp³-hybridized carbons (Fsp3) is 0.409. The standard InChI is InChI=1S/C22H22F3NO3/c23-15-9-18(24)20(19(25)10-15)22(28)11-16-7-4-8-17(12-22)26(16)21(27)29-13-14-5-2-1-3-6-14/h1-3,5-6,9-10,16-17,28H,4,7-8,11-13H2. The lowest BCUT2D eigenvalue weighted by molar-refractivity contribution is -0.0928. The van der Waals surface area contributed by atoms with Gasteiger partial charge in [0, 0.05) is 37.1 Å². The van der Waals surface area contributed by atoms with Gasteiger partial charge in [-0.15, -0.1) is 0 Å². The third-order valence-electron chi connectivity index (χ3n) is 5.90. The first-order valence-corrected chi connectivity index (χ1v) is 9.74. The molecule has 2 aliphatic rings. The molecule has 0 radical (unpaired) electrons. The first kappa shape index (κ1) is 19.8. The van der Waals surface area contributed by atoms with E-state index in [2.05, 4.69) is 0 Å². The summed E-state index contributed by atoms with van der Waals surface area (Å²) in [6, 6.07) is 9.62. The van der Waals surface area contributed by atoms with E-state index in [0.717, 1.165) is 12.0 Å². The molecule has 0 aliphatic carbocycles. The number of halogens is 3. The number of carbonyl (C=O) groups is 1. The first-order chi connectivity index (χ1) is 13.9. The number of carbonyl (C=O) groups excluding carboxylic acids is 1. The molecule has 0 spiro atoms. The van der Waals surface area contributed by atoms with E-state index in [0.29, 0.717) is 25.0 Å². The second kappa shape index (κ2) is 7.71. The van der Waals surface area contributed by atoms with Crippen LogP contribution in [-0.2, 0) is 16.9 Å². The molecule has 154 valence electrons. The predicted octanol–water partition coefficient (Wildman–Crippen LogP) is 4.65. The van der Waals surface area contributed by atoms with Crippen molar-refractivity contribution in [2.24, 2.45) is 0 Å². The zero-order valence-corrected chi connectivity index (χ0v) is 15.8. The molecule has 2 heterocycles. The molecule has 1 amide bonds. The van der Waals surface area contributed by atoms with Crippen LogP contribution in [0.1, 0.15) is 43.2 Å². The topological polar surface area (TPSA) is 49.8 Å². The number of hydrogen-bond acceptors (Lipinski definition) is 3. The molecule has 1 N–H and O–H groups in total. The van der Waals surface area contributed by atoms with Crippen molar-refractivity contribution < 1.29 is 27.8 Å². The summed E-state index contributed by atoms with van der Waals surface area (Å²) in [4.78, 5) is 14.3. The second-order valence-electron chi connectivity index (χ2n) is 7.87. The highest BCUT2D eigenvalue weighted by Crippen LogP contribution is 2.46. The van der Waals surface area contributed by atoms with E-state index in [4.69, 9.17) is 4.74 Å². The van der Waals surface area contributed by atoms with Crippen LogP contribution in [-0.4, -0.2) is 28.2 Å². The van der Waals surface area contributed by atoms with E-state index in [1.165, 1.54) is 0 Å². The van der Waals surface area contributed by atoms with Crippen molar-refractivity contribution >= 4 is 6.09 Å². The molecule has 29 heavy (non-hydrogen) atoms. The minimum absolute atomic E-state index is 0.0244. The summed E-state index contributed by atoms with van der Waals surface area (Å²) in [6.07, 6.45) is 1.51. The number of rotatable bonds is 3. The molecule has 2 bridgehead atoms. The van der Waals surface area contributed by atoms with Gasteiger partial charge in [-0.1, -0.05) is 30.3 Å². The molecule has 4 nitrogen and oxygen atoms in total. The number of amides is 1. The molecule has 2 unspecified atom stereocenters. The van der Waals surface area contributed by atoms with Crippen LogP contribution >= 0.6 is 0 Å². The van der Waals surface area contributed by atoms with Gasteiger partial charge in [0.25, 0.3) is 0 Å². The summed E-state index contributed by atoms with van der Waals surface area (Å²) in [6.45, 7) is 0.126. The summed E-state index contributed by atoms with van der Waals surface area (Å²) in [5.74, 6) is -3.25. The summed E-state index contributed by atoms with van der Waals surface area (Å²) < 4.78 is 47.4. The van der Waals surface area contributed by atoms with Gasteiger partial charge >= 0.3 is 6.09 Å². The van der Waals surface area contributed by atoms with Crippen molar-refractivity contribution in [3.8, 4) is 0 Å². The summed E-state index contributed by atoms with van der Waals surface area (Å²) >= 11 is 0. The second-order valence-corrected chi connectivity index (χ2v) is 7.87. The van der Waals surface area contributed by atoms with E-state index < -0.39 is 46.8 Å². The average molecular weight is 405 g/mol. The van der Waals surface area contributed by atoms with Gasteiger partial charge in [0.2, 0.25) is 0 Å². The van der Waals surface area contributed by atoms with Crippen LogP contribution in [0.2, 0.25) is 0 Å². The lowest BCUT2D eigenvalue weighted by Crippen LogP contribution is -2.59. The Balaban J connectivity index is 1.54. The molecule has 0 saturated carbocycles. The minimum atomic E-state index is -1.80. The third kappa shape index (κ3) is 3.83. The van der Waals surface area contributed by atoms with E-state index in [-0.39, 0.29) is 19.4 Å². The average Bonchev–Trinajstić information content (AvgIpc) is 2.65. The van der Waals surface area contributed by atoms with Gasteiger partial charge in [-0.05, 0) is 24.8 Å². The fourth-order valence-corrected chi connectivity index (χ4v) is 4.71. The number of piperidine rings is 2. The van der Waals surface area contributed by atoms with Crippen LogP contribution in [0.3, 0.4) is 0 Å². The number of aliphatic hydroxyl groups is 1. The van der Waals surface area contributed by atoms with E-state index >= 15 is 0 Å². The summed E-state index contributed by atoms with van der Waals surface area (Å²) in [5.41, 5.74) is -1.46. The molecule has 4 rings (SSSR count). The Labute approximate surface area is 166 Å². The smallest absolute Gasteiger partial charge is 0.410 e. The highest BCUT2D eigenvalue weighted by molar-refractivity contribution is 5.69. The maximum atomic E-state index is 14.3. The van der Waals surface area contributed by atoms with Crippen molar-refractivity contribution in [1.29, 1.82) is 0 Å². The van der Waals surface area contributed by atoms with Crippen LogP contribution in [0, 0.1) is 17.5 Å². The first-order valence-electron chi connectivity index (χ1n) is 9.74. The minimum Gasteiger partial charge on any atom is -0.445 e. The molecule has 2 fully saturated rings. The Morgan fingerprint density at radius 2 is 1.66 bits per heavy atom. The van der Waals surface area contributed by atoms with E-state index in [1.54, 1.807) is 4.90 Å². The number of ether oxygens (including phenoxy) is 1. The number of benzene rings is 2. The Bertz CT molecular complexity index is 868. The Kier molecular flexibility index (Phi) is 5.25. The number of fused-ring (bicyclic) bond motifs is 2. The van der Waals surface area contributed by atoms with Crippen molar-refractivity contribution in [1.82, 2.24) is 4.90 Å². The number of hydrogen-bond donors (Lipinski definition) is 1. The maximum absolute atomic E-state index is 14.3. The van der Waals surface area contributed by atoms with Crippen LogP contribution in [0.25, 0.3) is 0 Å². The predicted molar refractivity (Wildman–Crippen MR) is 99.3 cm³/mol. The molecule has 2 atom stereocenters. The molecule has 2 saturated heterocycles. The van der Waals surface area contributed by atoms with E-state index in [1.807, 2.05) is 30.3 Å². The fourth-order valence-electron chi connectivity index (χ4n) is 4.71. The number of nitrogens with zero attached hydrogens (tertiary/aromatic N) is 1. The van der Waals surface area contributed by atoms with E-state index in [9.17, 15) is 23.1 Å². The van der Waals surface area contributed by atoms with Crippen molar-refractivity contribution in [2.45, 2.75) is 56.4 Å². The van der Waals surface area contributed by atoms with Crippen LogP contribution in [0.5, 0.6) is 0 Å². The van der Waals surface area contributed by atoms with Crippen LogP contribution in [0.15, 0.2) is 42.5 Å². The monoisotopic (exact) mass is 405 g/mol. The molecular formula is C22H22F3NO3. The highest BCUT2D eigenvalue weighted by atomic mass is 19.1. The zero-order chi connectivity index (χ0) is 20.6. The largest absolute Gasteiger partial charge is 0.445 e. The van der Waals surface area contributed by atoms with Gasteiger partial charge in [-0.2, -0.15) is 0 Å². The zero-order valence-electron chi connectivity index (χ0n) is 15.8. The lowest BCUT2D eigenvalue weighted by Gasteiger charge is -2.51. The lowest BCUT2D eigenvalue weighted by atomic mass is 9.72. The molecule has 0 aromatic heterocycles. The quantitative estimate of drug-likeness (QED) is 0.809. The summed E-state index contributed by atoms with van der Waals surface area (Å²) in [5, 5.41) is 11.1. The van der Waals surface area contributed by atoms with Gasteiger partial charge in [-0.3, -0.25) is 0 Å². The van der Waals surface area contributed by atoms with Gasteiger partial charge < -0.3 is 14.7 Å². The molecular weight excluding hydrogens is 383 g/mol. The Hall–Kier alpha value is -2.54. The summed E-state index contributed by atoms with van der Waals surface area (Å²) in [7, 11) is 0.